The lowest BCUT2D eigenvalue weighted by molar-refractivity contribution is 0.306. The molecule has 0 fully saturated rings. The standard InChI is InChI=1S/C16H24Cl2O3S/c1-2-3-4-5-6-7-8-9-12-21-22(19,20)16-13-14(17)10-11-15(16)18/h10-11,13H,2-9,12H2,1H3. The zero-order valence-electron chi connectivity index (χ0n) is 13.0. The first-order chi connectivity index (χ1) is 10.5. The van der Waals surface area contributed by atoms with Crippen molar-refractivity contribution in [2.24, 2.45) is 0 Å². The van der Waals surface area contributed by atoms with E-state index in [1.54, 1.807) is 6.07 Å². The van der Waals surface area contributed by atoms with Gasteiger partial charge >= 0.3 is 0 Å². The van der Waals surface area contributed by atoms with Crippen LogP contribution < -0.4 is 0 Å². The molecule has 0 saturated heterocycles. The van der Waals surface area contributed by atoms with Crippen LogP contribution in [0.1, 0.15) is 58.3 Å². The molecule has 1 aromatic carbocycles. The molecule has 0 aromatic heterocycles. The summed E-state index contributed by atoms with van der Waals surface area (Å²) in [7, 11) is -3.83. The van der Waals surface area contributed by atoms with Crippen molar-refractivity contribution in [3.63, 3.8) is 0 Å². The van der Waals surface area contributed by atoms with Crippen molar-refractivity contribution >= 4 is 33.3 Å². The third-order valence-electron chi connectivity index (χ3n) is 3.40. The van der Waals surface area contributed by atoms with Crippen LogP contribution in [-0.2, 0) is 14.3 Å². The van der Waals surface area contributed by atoms with E-state index in [1.807, 2.05) is 0 Å². The average Bonchev–Trinajstić information content (AvgIpc) is 2.48. The van der Waals surface area contributed by atoms with Crippen LogP contribution in [0.5, 0.6) is 0 Å². The minimum Gasteiger partial charge on any atom is -0.266 e. The number of benzene rings is 1. The highest BCUT2D eigenvalue weighted by Gasteiger charge is 2.19. The lowest BCUT2D eigenvalue weighted by atomic mass is 10.1. The summed E-state index contributed by atoms with van der Waals surface area (Å²) in [5.74, 6) is 0. The SMILES string of the molecule is CCCCCCCCCCOS(=O)(=O)c1cc(Cl)ccc1Cl. The molecule has 0 atom stereocenters. The molecular weight excluding hydrogens is 343 g/mol. The van der Waals surface area contributed by atoms with E-state index in [4.69, 9.17) is 27.4 Å². The summed E-state index contributed by atoms with van der Waals surface area (Å²) < 4.78 is 29.1. The Kier molecular flexibility index (Phi) is 9.41. The molecule has 0 amide bonds. The Balaban J connectivity index is 2.27. The highest BCUT2D eigenvalue weighted by Crippen LogP contribution is 2.26. The Morgan fingerprint density at radius 2 is 1.55 bits per heavy atom. The number of halogens is 2. The third kappa shape index (κ3) is 7.32. The second kappa shape index (κ2) is 10.5. The van der Waals surface area contributed by atoms with E-state index in [0.29, 0.717) is 5.02 Å². The first-order valence-corrected chi connectivity index (χ1v) is 9.98. The predicted octanol–water partition coefficient (Wildman–Crippen LogP) is 5.84. The lowest BCUT2D eigenvalue weighted by Gasteiger charge is -2.07. The van der Waals surface area contributed by atoms with Crippen molar-refractivity contribution in [3.8, 4) is 0 Å². The summed E-state index contributed by atoms with van der Waals surface area (Å²) in [5.41, 5.74) is 0. The molecular formula is C16H24Cl2O3S. The summed E-state index contributed by atoms with van der Waals surface area (Å²) in [6.45, 7) is 2.38. The van der Waals surface area contributed by atoms with Gasteiger partial charge in [-0.2, -0.15) is 8.42 Å². The van der Waals surface area contributed by atoms with Crippen molar-refractivity contribution in [1.29, 1.82) is 0 Å². The third-order valence-corrected chi connectivity index (χ3v) is 5.43. The molecule has 6 heteroatoms. The van der Waals surface area contributed by atoms with E-state index < -0.39 is 10.1 Å². The quantitative estimate of drug-likeness (QED) is 0.365. The van der Waals surface area contributed by atoms with Gasteiger partial charge in [0.15, 0.2) is 0 Å². The maximum Gasteiger partial charge on any atom is 0.298 e. The normalized spacial score (nSPS) is 11.8. The summed E-state index contributed by atoms with van der Waals surface area (Å²) >= 11 is 11.7. The van der Waals surface area contributed by atoms with Gasteiger partial charge < -0.3 is 0 Å². The summed E-state index contributed by atoms with van der Waals surface area (Å²) in [6, 6.07) is 4.31. The monoisotopic (exact) mass is 366 g/mol. The molecule has 0 saturated carbocycles. The fraction of sp³-hybridized carbons (Fsp3) is 0.625. The Bertz CT molecular complexity index is 544. The Morgan fingerprint density at radius 1 is 0.955 bits per heavy atom. The molecule has 0 aliphatic heterocycles. The van der Waals surface area contributed by atoms with Gasteiger partial charge in [-0.05, 0) is 24.6 Å². The molecule has 3 nitrogen and oxygen atoms in total. The summed E-state index contributed by atoms with van der Waals surface area (Å²) in [6.07, 6.45) is 9.10. The predicted molar refractivity (Wildman–Crippen MR) is 92.2 cm³/mol. The van der Waals surface area contributed by atoms with Crippen LogP contribution >= 0.6 is 23.2 Å². The minimum atomic E-state index is -3.83. The second-order valence-electron chi connectivity index (χ2n) is 5.33. The van der Waals surface area contributed by atoms with Gasteiger partial charge in [-0.3, -0.25) is 4.18 Å². The largest absolute Gasteiger partial charge is 0.298 e. The van der Waals surface area contributed by atoms with Gasteiger partial charge in [0.2, 0.25) is 0 Å². The van der Waals surface area contributed by atoms with Crippen molar-refractivity contribution < 1.29 is 12.6 Å². The molecule has 0 spiro atoms. The zero-order chi connectivity index (χ0) is 16.4. The molecule has 1 rings (SSSR count). The molecule has 22 heavy (non-hydrogen) atoms. The van der Waals surface area contributed by atoms with E-state index in [0.717, 1.165) is 19.3 Å². The minimum absolute atomic E-state index is 0.0683. The second-order valence-corrected chi connectivity index (χ2v) is 7.75. The lowest BCUT2D eigenvalue weighted by Crippen LogP contribution is -2.08. The summed E-state index contributed by atoms with van der Waals surface area (Å²) in [4.78, 5) is -0.0683. The number of rotatable bonds is 11. The molecule has 0 unspecified atom stereocenters. The van der Waals surface area contributed by atoms with Crippen molar-refractivity contribution in [3.05, 3.63) is 28.2 Å². The van der Waals surface area contributed by atoms with Crippen LogP contribution in [0.25, 0.3) is 0 Å². The van der Waals surface area contributed by atoms with Crippen molar-refractivity contribution in [2.75, 3.05) is 6.61 Å². The van der Waals surface area contributed by atoms with Crippen LogP contribution in [0.15, 0.2) is 23.1 Å². The Hall–Kier alpha value is -0.290. The number of unbranched alkanes of at least 4 members (excludes halogenated alkanes) is 7. The van der Waals surface area contributed by atoms with Gasteiger partial charge in [0.05, 0.1) is 11.6 Å². The average molecular weight is 367 g/mol. The highest BCUT2D eigenvalue weighted by molar-refractivity contribution is 7.86. The molecule has 0 aliphatic rings. The van der Waals surface area contributed by atoms with Crippen LogP contribution in [0.2, 0.25) is 10.0 Å². The molecule has 0 aliphatic carbocycles. The van der Waals surface area contributed by atoms with Gasteiger partial charge in [0, 0.05) is 5.02 Å². The van der Waals surface area contributed by atoms with Gasteiger partial charge in [-0.25, -0.2) is 0 Å². The van der Waals surface area contributed by atoms with Crippen LogP contribution in [-0.4, -0.2) is 15.0 Å². The van der Waals surface area contributed by atoms with E-state index >= 15 is 0 Å². The fourth-order valence-corrected chi connectivity index (χ4v) is 3.82. The zero-order valence-corrected chi connectivity index (χ0v) is 15.3. The van der Waals surface area contributed by atoms with Crippen LogP contribution in [0.3, 0.4) is 0 Å². The molecule has 0 heterocycles. The molecule has 0 radical (unpaired) electrons. The van der Waals surface area contributed by atoms with E-state index in [-0.39, 0.29) is 16.5 Å². The molecule has 126 valence electrons. The van der Waals surface area contributed by atoms with Gasteiger partial charge in [-0.1, -0.05) is 75.1 Å². The van der Waals surface area contributed by atoms with E-state index in [1.165, 1.54) is 44.2 Å². The van der Waals surface area contributed by atoms with E-state index in [9.17, 15) is 8.42 Å². The molecule has 0 N–H and O–H groups in total. The van der Waals surface area contributed by atoms with Crippen LogP contribution in [0.4, 0.5) is 0 Å². The van der Waals surface area contributed by atoms with Crippen LogP contribution in [0, 0.1) is 0 Å². The van der Waals surface area contributed by atoms with Gasteiger partial charge in [0.1, 0.15) is 4.90 Å². The van der Waals surface area contributed by atoms with E-state index in [2.05, 4.69) is 6.92 Å². The number of hydrogen-bond acceptors (Lipinski definition) is 3. The summed E-state index contributed by atoms with van der Waals surface area (Å²) in [5, 5.41) is 0.443. The maximum atomic E-state index is 12.0. The Labute approximate surface area is 144 Å². The highest BCUT2D eigenvalue weighted by atomic mass is 35.5. The number of hydrogen-bond donors (Lipinski definition) is 0. The Morgan fingerprint density at radius 3 is 2.18 bits per heavy atom. The fourth-order valence-electron chi connectivity index (χ4n) is 2.14. The van der Waals surface area contributed by atoms with Gasteiger partial charge in [0.25, 0.3) is 10.1 Å². The first kappa shape index (κ1) is 19.8. The molecule has 0 bridgehead atoms. The topological polar surface area (TPSA) is 43.4 Å². The van der Waals surface area contributed by atoms with Crippen molar-refractivity contribution in [1.82, 2.24) is 0 Å². The van der Waals surface area contributed by atoms with Crippen molar-refractivity contribution in [2.45, 2.75) is 63.2 Å². The van der Waals surface area contributed by atoms with Gasteiger partial charge in [-0.15, -0.1) is 0 Å². The molecule has 1 aromatic rings. The maximum absolute atomic E-state index is 12.0. The first-order valence-electron chi connectivity index (χ1n) is 7.82. The smallest absolute Gasteiger partial charge is 0.266 e.